The molecule has 1 N–H and O–H groups in total. The minimum absolute atomic E-state index is 0.0669. The van der Waals surface area contributed by atoms with Crippen molar-refractivity contribution in [3.8, 4) is 5.75 Å². The SMILES string of the molecule is CCCO[C@]1(C(=O)Nc2ccc(OCC)c(Cl)c2)CCC[C@@H](C)C1. The Kier molecular flexibility index (Phi) is 6.93. The van der Waals surface area contributed by atoms with Gasteiger partial charge in [0, 0.05) is 12.3 Å². The maximum absolute atomic E-state index is 13.0. The molecule has 24 heavy (non-hydrogen) atoms. The van der Waals surface area contributed by atoms with Gasteiger partial charge in [-0.15, -0.1) is 0 Å². The van der Waals surface area contributed by atoms with Gasteiger partial charge in [0.2, 0.25) is 0 Å². The molecule has 0 unspecified atom stereocenters. The second-order valence-corrected chi connectivity index (χ2v) is 6.98. The molecule has 1 aromatic carbocycles. The number of halogens is 1. The van der Waals surface area contributed by atoms with Crippen molar-refractivity contribution in [1.82, 2.24) is 0 Å². The van der Waals surface area contributed by atoms with Crippen LogP contribution < -0.4 is 10.1 Å². The fourth-order valence-electron chi connectivity index (χ4n) is 3.30. The molecule has 2 atom stereocenters. The number of benzene rings is 1. The van der Waals surface area contributed by atoms with Crippen LogP contribution in [0.4, 0.5) is 5.69 Å². The number of carbonyl (C=O) groups excluding carboxylic acids is 1. The van der Waals surface area contributed by atoms with Crippen LogP contribution in [-0.4, -0.2) is 24.7 Å². The van der Waals surface area contributed by atoms with Gasteiger partial charge in [-0.3, -0.25) is 4.79 Å². The summed E-state index contributed by atoms with van der Waals surface area (Å²) in [7, 11) is 0. The van der Waals surface area contributed by atoms with Gasteiger partial charge in [0.05, 0.1) is 11.6 Å². The lowest BCUT2D eigenvalue weighted by Gasteiger charge is -2.38. The first-order chi connectivity index (χ1) is 11.5. The summed E-state index contributed by atoms with van der Waals surface area (Å²) in [5, 5.41) is 3.48. The molecule has 0 radical (unpaired) electrons. The fraction of sp³-hybridized carbons (Fsp3) is 0.632. The number of anilines is 1. The number of hydrogen-bond donors (Lipinski definition) is 1. The first-order valence-corrected chi connectivity index (χ1v) is 9.26. The van der Waals surface area contributed by atoms with E-state index in [4.69, 9.17) is 21.1 Å². The molecule has 0 bridgehead atoms. The molecule has 0 aromatic heterocycles. The van der Waals surface area contributed by atoms with E-state index in [0.29, 0.717) is 35.6 Å². The van der Waals surface area contributed by atoms with E-state index < -0.39 is 5.60 Å². The molecule has 134 valence electrons. The van der Waals surface area contributed by atoms with Gasteiger partial charge in [0.25, 0.3) is 5.91 Å². The van der Waals surface area contributed by atoms with E-state index in [1.165, 1.54) is 0 Å². The monoisotopic (exact) mass is 353 g/mol. The minimum Gasteiger partial charge on any atom is -0.492 e. The normalized spacial score (nSPS) is 23.8. The van der Waals surface area contributed by atoms with Crippen molar-refractivity contribution >= 4 is 23.2 Å². The number of hydrogen-bond acceptors (Lipinski definition) is 3. The largest absolute Gasteiger partial charge is 0.492 e. The summed E-state index contributed by atoms with van der Waals surface area (Å²) in [4.78, 5) is 13.0. The average Bonchev–Trinajstić information content (AvgIpc) is 2.55. The van der Waals surface area contributed by atoms with E-state index in [1.54, 1.807) is 12.1 Å². The van der Waals surface area contributed by atoms with E-state index in [-0.39, 0.29) is 5.91 Å². The molecule has 2 rings (SSSR count). The molecule has 0 spiro atoms. The van der Waals surface area contributed by atoms with Crippen LogP contribution >= 0.6 is 11.6 Å². The summed E-state index contributed by atoms with van der Waals surface area (Å²) in [5.41, 5.74) is -0.0511. The molecule has 0 aliphatic heterocycles. The predicted octanol–water partition coefficient (Wildman–Crippen LogP) is 5.05. The Morgan fingerprint density at radius 1 is 1.42 bits per heavy atom. The second kappa shape index (κ2) is 8.72. The summed E-state index contributed by atoms with van der Waals surface area (Å²) < 4.78 is 11.5. The Hall–Kier alpha value is -1.26. The molecular weight excluding hydrogens is 326 g/mol. The number of rotatable bonds is 7. The van der Waals surface area contributed by atoms with Crippen LogP contribution in [0.1, 0.15) is 52.9 Å². The van der Waals surface area contributed by atoms with Gasteiger partial charge in [-0.25, -0.2) is 0 Å². The summed E-state index contributed by atoms with van der Waals surface area (Å²) in [6, 6.07) is 5.32. The Morgan fingerprint density at radius 2 is 2.21 bits per heavy atom. The van der Waals surface area contributed by atoms with Crippen LogP contribution in [0.15, 0.2) is 18.2 Å². The summed E-state index contributed by atoms with van der Waals surface area (Å²) in [5.74, 6) is 1.05. The van der Waals surface area contributed by atoms with Crippen LogP contribution in [0.25, 0.3) is 0 Å². The highest BCUT2D eigenvalue weighted by atomic mass is 35.5. The molecular formula is C19H28ClNO3. The topological polar surface area (TPSA) is 47.6 Å². The van der Waals surface area contributed by atoms with Crippen molar-refractivity contribution in [2.45, 2.75) is 58.5 Å². The van der Waals surface area contributed by atoms with Crippen LogP contribution in [0.5, 0.6) is 5.75 Å². The van der Waals surface area contributed by atoms with Gasteiger partial charge in [0.1, 0.15) is 11.4 Å². The van der Waals surface area contributed by atoms with Crippen molar-refractivity contribution in [2.75, 3.05) is 18.5 Å². The highest BCUT2D eigenvalue weighted by Gasteiger charge is 2.42. The number of amides is 1. The summed E-state index contributed by atoms with van der Waals surface area (Å²) in [6.45, 7) is 7.31. The van der Waals surface area contributed by atoms with Crippen LogP contribution in [-0.2, 0) is 9.53 Å². The predicted molar refractivity (Wildman–Crippen MR) is 97.9 cm³/mol. The van der Waals surface area contributed by atoms with Crippen LogP contribution in [0.2, 0.25) is 5.02 Å². The molecule has 1 saturated carbocycles. The van der Waals surface area contributed by atoms with E-state index in [9.17, 15) is 4.79 Å². The molecule has 1 aromatic rings. The third-order valence-corrected chi connectivity index (χ3v) is 4.74. The van der Waals surface area contributed by atoms with Crippen LogP contribution in [0, 0.1) is 5.92 Å². The zero-order valence-corrected chi connectivity index (χ0v) is 15.6. The molecule has 1 fully saturated rings. The maximum atomic E-state index is 13.0. The molecule has 4 nitrogen and oxygen atoms in total. The Labute approximate surface area is 149 Å². The van der Waals surface area contributed by atoms with Crippen molar-refractivity contribution < 1.29 is 14.3 Å². The third-order valence-electron chi connectivity index (χ3n) is 4.44. The van der Waals surface area contributed by atoms with Crippen molar-refractivity contribution in [2.24, 2.45) is 5.92 Å². The van der Waals surface area contributed by atoms with Crippen molar-refractivity contribution in [3.63, 3.8) is 0 Å². The number of nitrogens with one attached hydrogen (secondary N) is 1. The lowest BCUT2D eigenvalue weighted by Crippen LogP contribution is -2.48. The van der Waals surface area contributed by atoms with E-state index in [2.05, 4.69) is 19.2 Å². The number of ether oxygens (including phenoxy) is 2. The smallest absolute Gasteiger partial charge is 0.256 e. The quantitative estimate of drug-likeness (QED) is 0.745. The molecule has 1 amide bonds. The minimum atomic E-state index is -0.723. The van der Waals surface area contributed by atoms with Gasteiger partial charge in [-0.05, 0) is 56.7 Å². The Morgan fingerprint density at radius 3 is 2.83 bits per heavy atom. The zero-order valence-electron chi connectivity index (χ0n) is 14.9. The molecule has 0 saturated heterocycles. The lowest BCUT2D eigenvalue weighted by atomic mass is 9.78. The highest BCUT2D eigenvalue weighted by molar-refractivity contribution is 6.32. The van der Waals surface area contributed by atoms with E-state index >= 15 is 0 Å². The third kappa shape index (κ3) is 4.64. The molecule has 0 heterocycles. The van der Waals surface area contributed by atoms with Crippen molar-refractivity contribution in [1.29, 1.82) is 0 Å². The summed E-state index contributed by atoms with van der Waals surface area (Å²) >= 11 is 6.21. The Bertz CT molecular complexity index is 564. The zero-order chi connectivity index (χ0) is 17.6. The molecule has 1 aliphatic carbocycles. The van der Waals surface area contributed by atoms with E-state index in [0.717, 1.165) is 32.1 Å². The van der Waals surface area contributed by atoms with Gasteiger partial charge in [-0.2, -0.15) is 0 Å². The Balaban J connectivity index is 2.13. The fourth-order valence-corrected chi connectivity index (χ4v) is 3.53. The van der Waals surface area contributed by atoms with Gasteiger partial charge < -0.3 is 14.8 Å². The van der Waals surface area contributed by atoms with E-state index in [1.807, 2.05) is 13.0 Å². The second-order valence-electron chi connectivity index (χ2n) is 6.58. The first kappa shape index (κ1) is 19.1. The molecule has 5 heteroatoms. The molecule has 1 aliphatic rings. The lowest BCUT2D eigenvalue weighted by molar-refractivity contribution is -0.148. The van der Waals surface area contributed by atoms with Gasteiger partial charge in [0.15, 0.2) is 0 Å². The van der Waals surface area contributed by atoms with Crippen molar-refractivity contribution in [3.05, 3.63) is 23.2 Å². The highest BCUT2D eigenvalue weighted by Crippen LogP contribution is 2.37. The van der Waals surface area contributed by atoms with Gasteiger partial charge >= 0.3 is 0 Å². The van der Waals surface area contributed by atoms with Crippen LogP contribution in [0.3, 0.4) is 0 Å². The standard InChI is InChI=1S/C19H28ClNO3/c1-4-11-24-19(10-6-7-14(3)13-19)18(22)21-15-8-9-17(23-5-2)16(20)12-15/h8-9,12,14H,4-7,10-11,13H2,1-3H3,(H,21,22)/t14-,19-/m1/s1. The number of carbonyl (C=O) groups is 1. The van der Waals surface area contributed by atoms with Gasteiger partial charge in [-0.1, -0.05) is 31.9 Å². The summed E-state index contributed by atoms with van der Waals surface area (Å²) in [6.07, 6.45) is 4.61. The maximum Gasteiger partial charge on any atom is 0.256 e. The first-order valence-electron chi connectivity index (χ1n) is 8.88. The average molecular weight is 354 g/mol.